The van der Waals surface area contributed by atoms with Crippen LogP contribution in [0.15, 0.2) is 65.1 Å². The van der Waals surface area contributed by atoms with Crippen LogP contribution in [0.5, 0.6) is 0 Å². The van der Waals surface area contributed by atoms with E-state index in [0.29, 0.717) is 0 Å². The molecule has 29 heavy (non-hydrogen) atoms. The molecule has 4 heteroatoms. The molecule has 0 fully saturated rings. The zero-order valence-electron chi connectivity index (χ0n) is 17.4. The molecule has 4 rings (SSSR count). The average Bonchev–Trinajstić information content (AvgIpc) is 3.31. The fraction of sp³-hybridized carbons (Fsp3) is 0.240. The minimum absolute atomic E-state index is 0.0205. The predicted molar refractivity (Wildman–Crippen MR) is 123 cm³/mol. The molecule has 0 unspecified atom stereocenters. The van der Waals surface area contributed by atoms with E-state index in [2.05, 4.69) is 95.3 Å². The van der Waals surface area contributed by atoms with Crippen molar-refractivity contribution in [3.8, 4) is 22.5 Å². The summed E-state index contributed by atoms with van der Waals surface area (Å²) in [5, 5.41) is 2.57. The van der Waals surface area contributed by atoms with Gasteiger partial charge in [0.05, 0.1) is 11.5 Å². The first kappa shape index (κ1) is 22.5. The molecule has 0 aliphatic carbocycles. The molecule has 3 aromatic carbocycles. The van der Waals surface area contributed by atoms with Gasteiger partial charge in [0.2, 0.25) is 0 Å². The maximum atomic E-state index is 6.17. The summed E-state index contributed by atoms with van der Waals surface area (Å²) >= 11 is -0.826. The molecule has 0 saturated heterocycles. The monoisotopic (exact) mass is 501 g/mol. The Labute approximate surface area is 192 Å². The van der Waals surface area contributed by atoms with Crippen LogP contribution in [0.4, 0.5) is 0 Å². The van der Waals surface area contributed by atoms with Gasteiger partial charge in [-0.25, -0.2) is 0 Å². The summed E-state index contributed by atoms with van der Waals surface area (Å²) in [7, 11) is 9.87. The van der Waals surface area contributed by atoms with Crippen LogP contribution in [0.3, 0.4) is 0 Å². The normalized spacial score (nSPS) is 11.3. The number of furan rings is 1. The fourth-order valence-corrected chi connectivity index (χ4v) is 3.62. The minimum atomic E-state index is -0.826. The molecular formula is C25H25Cl2OZr-. The summed E-state index contributed by atoms with van der Waals surface area (Å²) in [6.45, 7) is 10.9. The van der Waals surface area contributed by atoms with Gasteiger partial charge in [0, 0.05) is 5.41 Å². The van der Waals surface area contributed by atoms with E-state index in [0.717, 1.165) is 17.1 Å². The van der Waals surface area contributed by atoms with Gasteiger partial charge in [-0.05, 0) is 37.1 Å². The molecule has 0 aliphatic rings. The number of fused-ring (bicyclic) bond motifs is 1. The third-order valence-corrected chi connectivity index (χ3v) is 5.22. The van der Waals surface area contributed by atoms with Gasteiger partial charge in [-0.15, -0.1) is 29.0 Å². The number of halogens is 2. The van der Waals surface area contributed by atoms with Crippen molar-refractivity contribution in [2.45, 2.75) is 40.0 Å². The summed E-state index contributed by atoms with van der Waals surface area (Å²) in [6, 6.07) is 21.7. The van der Waals surface area contributed by atoms with Crippen molar-refractivity contribution in [2.75, 3.05) is 0 Å². The van der Waals surface area contributed by atoms with Crippen LogP contribution in [-0.2, 0) is 26.3 Å². The molecule has 4 aromatic rings. The average molecular weight is 504 g/mol. The Kier molecular flexibility index (Phi) is 7.20. The summed E-state index contributed by atoms with van der Waals surface area (Å²) < 4.78 is 6.17. The molecule has 1 heterocycles. The first-order valence-corrected chi connectivity index (χ1v) is 15.9. The first-order chi connectivity index (χ1) is 13.8. The Morgan fingerprint density at radius 3 is 2.17 bits per heavy atom. The van der Waals surface area contributed by atoms with Crippen LogP contribution in [0.2, 0.25) is 0 Å². The summed E-state index contributed by atoms with van der Waals surface area (Å²) in [6.07, 6.45) is 0. The van der Waals surface area contributed by atoms with E-state index in [9.17, 15) is 0 Å². The van der Waals surface area contributed by atoms with Crippen LogP contribution in [0, 0.1) is 13.8 Å². The van der Waals surface area contributed by atoms with Gasteiger partial charge in [0.25, 0.3) is 0 Å². The molecule has 0 radical (unpaired) electrons. The molecule has 150 valence electrons. The zero-order valence-corrected chi connectivity index (χ0v) is 21.4. The number of benzene rings is 2. The van der Waals surface area contributed by atoms with Crippen molar-refractivity contribution in [3.05, 3.63) is 77.6 Å². The Morgan fingerprint density at radius 1 is 0.931 bits per heavy atom. The summed E-state index contributed by atoms with van der Waals surface area (Å²) in [4.78, 5) is 0. The molecule has 0 saturated carbocycles. The molecule has 0 atom stereocenters. The van der Waals surface area contributed by atoms with E-state index in [1.807, 2.05) is 0 Å². The van der Waals surface area contributed by atoms with E-state index in [1.54, 1.807) is 0 Å². The van der Waals surface area contributed by atoms with Gasteiger partial charge in [-0.3, -0.25) is 0 Å². The molecule has 0 amide bonds. The first-order valence-electron chi connectivity index (χ1n) is 9.59. The standard InChI is InChI=1S/C25H25O.2ClH.Zr/c1-16-13-19-14-20(22-11-12-23(26-22)25(3,4)5)15-21(19)24(17(16)2)18-9-7-6-8-10-18;;;/h6-15H,1-5H3;2*1H;/q-1;;;+2/p-2. The third-order valence-electron chi connectivity index (χ3n) is 5.22. The van der Waals surface area contributed by atoms with Gasteiger partial charge in [0.15, 0.2) is 0 Å². The van der Waals surface area contributed by atoms with E-state index >= 15 is 0 Å². The number of rotatable bonds is 2. The van der Waals surface area contributed by atoms with Gasteiger partial charge < -0.3 is 4.42 Å². The van der Waals surface area contributed by atoms with Crippen molar-refractivity contribution in [1.82, 2.24) is 0 Å². The molecule has 0 aliphatic heterocycles. The van der Waals surface area contributed by atoms with E-state index in [-0.39, 0.29) is 5.41 Å². The van der Waals surface area contributed by atoms with E-state index in [1.165, 1.54) is 33.0 Å². The van der Waals surface area contributed by atoms with Gasteiger partial charge in [-0.1, -0.05) is 67.8 Å². The van der Waals surface area contributed by atoms with Crippen LogP contribution < -0.4 is 0 Å². The number of aryl methyl sites for hydroxylation is 1. The Balaban J connectivity index is 0.000000755. The van der Waals surface area contributed by atoms with Crippen molar-refractivity contribution < 1.29 is 25.3 Å². The number of hydrogen-bond acceptors (Lipinski definition) is 1. The van der Waals surface area contributed by atoms with Crippen molar-refractivity contribution in [3.63, 3.8) is 0 Å². The van der Waals surface area contributed by atoms with Crippen LogP contribution in [0.1, 0.15) is 37.7 Å². The third kappa shape index (κ3) is 4.93. The van der Waals surface area contributed by atoms with E-state index in [4.69, 9.17) is 21.4 Å². The maximum absolute atomic E-state index is 6.17. The van der Waals surface area contributed by atoms with Crippen molar-refractivity contribution in [2.24, 2.45) is 0 Å². The Bertz CT molecular complexity index is 1100. The second kappa shape index (κ2) is 9.29. The second-order valence-electron chi connectivity index (χ2n) is 8.29. The van der Waals surface area contributed by atoms with Gasteiger partial charge in [-0.2, -0.15) is 0 Å². The molecule has 1 aromatic heterocycles. The molecule has 0 spiro atoms. The topological polar surface area (TPSA) is 13.1 Å². The molecule has 0 N–H and O–H groups in total. The quantitative estimate of drug-likeness (QED) is 0.249. The summed E-state index contributed by atoms with van der Waals surface area (Å²) in [5.41, 5.74) is 6.43. The van der Waals surface area contributed by atoms with Crippen molar-refractivity contribution in [1.29, 1.82) is 0 Å². The van der Waals surface area contributed by atoms with Gasteiger partial charge >= 0.3 is 37.9 Å². The Hall–Kier alpha value is -1.21. The molecule has 0 bridgehead atoms. The predicted octanol–water partition coefficient (Wildman–Crippen LogP) is 8.78. The van der Waals surface area contributed by atoms with Gasteiger partial charge in [0.1, 0.15) is 0 Å². The zero-order chi connectivity index (χ0) is 21.2. The van der Waals surface area contributed by atoms with E-state index < -0.39 is 20.8 Å². The fourth-order valence-electron chi connectivity index (χ4n) is 3.62. The molecular weight excluding hydrogens is 478 g/mol. The van der Waals surface area contributed by atoms with Crippen LogP contribution in [0.25, 0.3) is 33.2 Å². The summed E-state index contributed by atoms with van der Waals surface area (Å²) in [5.74, 6) is 1.97. The number of hydrogen-bond donors (Lipinski definition) is 0. The van der Waals surface area contributed by atoms with Crippen LogP contribution in [-0.4, -0.2) is 0 Å². The van der Waals surface area contributed by atoms with Crippen molar-refractivity contribution >= 4 is 27.8 Å². The molecule has 1 nitrogen and oxygen atoms in total. The van der Waals surface area contributed by atoms with Crippen LogP contribution >= 0.6 is 17.0 Å². The Morgan fingerprint density at radius 2 is 1.59 bits per heavy atom. The second-order valence-corrected chi connectivity index (χ2v) is 12.0. The SMILES string of the molecule is Cc1cc2[cH-]c(-c3ccc(C(C)(C)C)o3)cc2c(-c2ccccc2)c1C.[Cl][Zr][Cl].